The number of ether oxygens (including phenoxy) is 1. The SMILES string of the molecule is COc1ccc2c(=O)n(C)cc(-c3ccc(S(C)=O)cc3)c2c1. The minimum absolute atomic E-state index is 0.0438. The molecule has 1 aromatic heterocycles. The minimum Gasteiger partial charge on any atom is -0.497 e. The van der Waals surface area contributed by atoms with E-state index in [1.807, 2.05) is 36.5 Å². The molecule has 1 unspecified atom stereocenters. The van der Waals surface area contributed by atoms with E-state index in [-0.39, 0.29) is 5.56 Å². The smallest absolute Gasteiger partial charge is 0.258 e. The molecular weight excluding hydrogens is 310 g/mol. The second-order valence-electron chi connectivity index (χ2n) is 5.35. The number of hydrogen-bond acceptors (Lipinski definition) is 3. The first-order chi connectivity index (χ1) is 11.0. The van der Waals surface area contributed by atoms with Gasteiger partial charge in [-0.05, 0) is 35.9 Å². The quantitative estimate of drug-likeness (QED) is 0.743. The molecule has 0 spiro atoms. The molecule has 0 fully saturated rings. The van der Waals surface area contributed by atoms with E-state index in [1.54, 1.807) is 37.1 Å². The van der Waals surface area contributed by atoms with E-state index in [0.29, 0.717) is 11.1 Å². The van der Waals surface area contributed by atoms with Gasteiger partial charge < -0.3 is 9.30 Å². The van der Waals surface area contributed by atoms with Crippen molar-refractivity contribution in [1.82, 2.24) is 4.57 Å². The second kappa shape index (κ2) is 6.01. The van der Waals surface area contributed by atoms with Gasteiger partial charge in [-0.3, -0.25) is 9.00 Å². The summed E-state index contributed by atoms with van der Waals surface area (Å²) in [4.78, 5) is 13.1. The van der Waals surface area contributed by atoms with Crippen LogP contribution in [0.3, 0.4) is 0 Å². The lowest BCUT2D eigenvalue weighted by Crippen LogP contribution is -2.16. The van der Waals surface area contributed by atoms with Crippen molar-refractivity contribution < 1.29 is 8.95 Å². The number of hydrogen-bond donors (Lipinski definition) is 0. The van der Waals surface area contributed by atoms with E-state index in [4.69, 9.17) is 4.74 Å². The molecule has 0 aliphatic heterocycles. The number of pyridine rings is 1. The van der Waals surface area contributed by atoms with E-state index in [2.05, 4.69) is 0 Å². The molecule has 0 radical (unpaired) electrons. The summed E-state index contributed by atoms with van der Waals surface area (Å²) >= 11 is 0. The highest BCUT2D eigenvalue weighted by molar-refractivity contribution is 7.84. The molecule has 5 heteroatoms. The lowest BCUT2D eigenvalue weighted by molar-refractivity contribution is 0.415. The first-order valence-corrected chi connectivity index (χ1v) is 8.68. The topological polar surface area (TPSA) is 48.3 Å². The maximum absolute atomic E-state index is 12.3. The molecule has 0 aliphatic carbocycles. The summed E-state index contributed by atoms with van der Waals surface area (Å²) in [6.07, 6.45) is 3.48. The van der Waals surface area contributed by atoms with Crippen LogP contribution in [0.4, 0.5) is 0 Å². The van der Waals surface area contributed by atoms with Gasteiger partial charge >= 0.3 is 0 Å². The Hall–Kier alpha value is -2.40. The Morgan fingerprint density at radius 3 is 2.35 bits per heavy atom. The number of rotatable bonds is 3. The van der Waals surface area contributed by atoms with Gasteiger partial charge in [0.1, 0.15) is 5.75 Å². The summed E-state index contributed by atoms with van der Waals surface area (Å²) in [6.45, 7) is 0. The third kappa shape index (κ3) is 2.80. The van der Waals surface area contributed by atoms with Gasteiger partial charge in [-0.15, -0.1) is 0 Å². The van der Waals surface area contributed by atoms with E-state index < -0.39 is 10.8 Å². The Morgan fingerprint density at radius 1 is 1.04 bits per heavy atom. The standard InChI is InChI=1S/C18H17NO3S/c1-19-11-17(12-4-7-14(8-5-12)23(3)21)16-10-13(22-2)6-9-15(16)18(19)20/h4-11H,1-3H3. The fourth-order valence-electron chi connectivity index (χ4n) is 2.63. The van der Waals surface area contributed by atoms with Crippen molar-refractivity contribution in [3.63, 3.8) is 0 Å². The molecule has 1 heterocycles. The number of aromatic nitrogens is 1. The van der Waals surface area contributed by atoms with Crippen molar-refractivity contribution in [3.8, 4) is 16.9 Å². The number of methoxy groups -OCH3 is 1. The van der Waals surface area contributed by atoms with Gasteiger partial charge in [0.25, 0.3) is 5.56 Å². The monoisotopic (exact) mass is 327 g/mol. The maximum Gasteiger partial charge on any atom is 0.258 e. The molecule has 0 bridgehead atoms. The van der Waals surface area contributed by atoms with E-state index >= 15 is 0 Å². The van der Waals surface area contributed by atoms with E-state index in [1.165, 1.54) is 0 Å². The number of aryl methyl sites for hydroxylation is 1. The van der Waals surface area contributed by atoms with Crippen molar-refractivity contribution in [2.24, 2.45) is 7.05 Å². The van der Waals surface area contributed by atoms with Gasteiger partial charge in [-0.1, -0.05) is 12.1 Å². The van der Waals surface area contributed by atoms with Crippen LogP contribution in [0.25, 0.3) is 21.9 Å². The molecule has 0 saturated carbocycles. The third-order valence-corrected chi connectivity index (χ3v) is 4.82. The van der Waals surface area contributed by atoms with E-state index in [0.717, 1.165) is 21.4 Å². The third-order valence-electron chi connectivity index (χ3n) is 3.89. The molecule has 118 valence electrons. The highest BCUT2D eigenvalue weighted by Crippen LogP contribution is 2.29. The van der Waals surface area contributed by atoms with Crippen LogP contribution in [0.2, 0.25) is 0 Å². The Morgan fingerprint density at radius 2 is 1.74 bits per heavy atom. The van der Waals surface area contributed by atoms with Crippen molar-refractivity contribution >= 4 is 21.6 Å². The summed E-state index contributed by atoms with van der Waals surface area (Å²) in [5.74, 6) is 0.707. The molecule has 0 saturated heterocycles. The van der Waals surface area contributed by atoms with Crippen LogP contribution in [-0.2, 0) is 17.8 Å². The van der Waals surface area contributed by atoms with Crippen molar-refractivity contribution in [3.05, 3.63) is 59.0 Å². The molecule has 3 aromatic rings. The number of nitrogens with zero attached hydrogens (tertiary/aromatic N) is 1. The summed E-state index contributed by atoms with van der Waals surface area (Å²) < 4.78 is 18.4. The van der Waals surface area contributed by atoms with Crippen LogP contribution >= 0.6 is 0 Å². The predicted molar refractivity (Wildman–Crippen MR) is 93.5 cm³/mol. The second-order valence-corrected chi connectivity index (χ2v) is 6.73. The molecule has 1 atom stereocenters. The highest BCUT2D eigenvalue weighted by Gasteiger charge is 2.10. The fourth-order valence-corrected chi connectivity index (χ4v) is 3.15. The summed E-state index contributed by atoms with van der Waals surface area (Å²) in [5.41, 5.74) is 1.86. The zero-order valence-electron chi connectivity index (χ0n) is 13.2. The summed E-state index contributed by atoms with van der Waals surface area (Å²) in [7, 11) is 2.34. The summed E-state index contributed by atoms with van der Waals surface area (Å²) in [5, 5.41) is 1.49. The van der Waals surface area contributed by atoms with Crippen LogP contribution in [0, 0.1) is 0 Å². The molecular formula is C18H17NO3S. The Balaban J connectivity index is 2.29. The Labute approximate surface area is 136 Å². The first kappa shape index (κ1) is 15.5. The van der Waals surface area contributed by atoms with Crippen LogP contribution in [0.15, 0.2) is 58.4 Å². The van der Waals surface area contributed by atoms with Crippen LogP contribution in [0.5, 0.6) is 5.75 Å². The molecule has 0 aliphatic rings. The minimum atomic E-state index is -1.01. The fraction of sp³-hybridized carbons (Fsp3) is 0.167. The zero-order chi connectivity index (χ0) is 16.6. The molecule has 2 aromatic carbocycles. The van der Waals surface area contributed by atoms with Gasteiger partial charge in [-0.2, -0.15) is 0 Å². The van der Waals surface area contributed by atoms with Crippen LogP contribution in [-0.4, -0.2) is 22.1 Å². The molecule has 3 rings (SSSR count). The normalized spacial score (nSPS) is 12.3. The van der Waals surface area contributed by atoms with Gasteiger partial charge in [0, 0.05) is 51.5 Å². The lowest BCUT2D eigenvalue weighted by Gasteiger charge is -2.11. The predicted octanol–water partition coefficient (Wildman–Crippen LogP) is 2.95. The average Bonchev–Trinajstić information content (AvgIpc) is 2.57. The number of benzene rings is 2. The van der Waals surface area contributed by atoms with Crippen molar-refractivity contribution in [1.29, 1.82) is 0 Å². The number of fused-ring (bicyclic) bond motifs is 1. The van der Waals surface area contributed by atoms with Crippen LogP contribution in [0.1, 0.15) is 0 Å². The molecule has 0 N–H and O–H groups in total. The van der Waals surface area contributed by atoms with Gasteiger partial charge in [-0.25, -0.2) is 0 Å². The summed E-state index contributed by atoms with van der Waals surface area (Å²) in [6, 6.07) is 13.0. The maximum atomic E-state index is 12.3. The Bertz CT molecular complexity index is 958. The largest absolute Gasteiger partial charge is 0.497 e. The van der Waals surface area contributed by atoms with Gasteiger partial charge in [0.15, 0.2) is 0 Å². The zero-order valence-corrected chi connectivity index (χ0v) is 14.0. The lowest BCUT2D eigenvalue weighted by atomic mass is 10.0. The molecule has 4 nitrogen and oxygen atoms in total. The van der Waals surface area contributed by atoms with Crippen molar-refractivity contribution in [2.75, 3.05) is 13.4 Å². The van der Waals surface area contributed by atoms with Crippen molar-refractivity contribution in [2.45, 2.75) is 4.90 Å². The molecule has 23 heavy (non-hydrogen) atoms. The van der Waals surface area contributed by atoms with Gasteiger partial charge in [0.05, 0.1) is 7.11 Å². The van der Waals surface area contributed by atoms with Crippen LogP contribution < -0.4 is 10.3 Å². The Kier molecular flexibility index (Phi) is 4.05. The highest BCUT2D eigenvalue weighted by atomic mass is 32.2. The van der Waals surface area contributed by atoms with Gasteiger partial charge in [0.2, 0.25) is 0 Å². The van der Waals surface area contributed by atoms with E-state index in [9.17, 15) is 9.00 Å². The molecule has 0 amide bonds. The first-order valence-electron chi connectivity index (χ1n) is 7.12. The average molecular weight is 327 g/mol.